The van der Waals surface area contributed by atoms with Crippen LogP contribution < -0.4 is 4.90 Å². The van der Waals surface area contributed by atoms with Crippen molar-refractivity contribution in [1.29, 1.82) is 0 Å². The van der Waals surface area contributed by atoms with Gasteiger partial charge in [0.2, 0.25) is 0 Å². The molecule has 1 aliphatic carbocycles. The number of halogens is 1. The van der Waals surface area contributed by atoms with Crippen LogP contribution in [-0.4, -0.2) is 29.2 Å². The van der Waals surface area contributed by atoms with Crippen molar-refractivity contribution in [2.24, 2.45) is 5.92 Å². The van der Waals surface area contributed by atoms with Crippen molar-refractivity contribution in [2.45, 2.75) is 44.6 Å². The lowest BCUT2D eigenvalue weighted by Gasteiger charge is -2.29. The lowest BCUT2D eigenvalue weighted by Crippen LogP contribution is -2.34. The van der Waals surface area contributed by atoms with Crippen molar-refractivity contribution in [1.82, 2.24) is 4.98 Å². The van der Waals surface area contributed by atoms with Crippen LogP contribution >= 0.6 is 22.9 Å². The third-order valence-electron chi connectivity index (χ3n) is 4.39. The number of ketones is 1. The maximum Gasteiger partial charge on any atom is 0.196 e. The highest BCUT2D eigenvalue weighted by molar-refractivity contribution is 7.14. The number of carbonyl (C=O) groups excluding carboxylic acids is 1. The summed E-state index contributed by atoms with van der Waals surface area (Å²) in [5, 5.41) is 2.87. The molecule has 2 aliphatic rings. The molecule has 0 aromatic carbocycles. The molecule has 5 heteroatoms. The summed E-state index contributed by atoms with van der Waals surface area (Å²) in [4.78, 5) is 18.5. The molecule has 1 saturated heterocycles. The number of aromatic nitrogens is 1. The number of alkyl halides is 1. The number of nitrogens with zero attached hydrogens (tertiary/aromatic N) is 2. The second-order valence-corrected chi connectivity index (χ2v) is 6.62. The van der Waals surface area contributed by atoms with Gasteiger partial charge in [-0.1, -0.05) is 12.8 Å². The Morgan fingerprint density at radius 3 is 2.89 bits per heavy atom. The van der Waals surface area contributed by atoms with Crippen LogP contribution in [0.15, 0.2) is 5.38 Å². The van der Waals surface area contributed by atoms with E-state index in [0.29, 0.717) is 11.7 Å². The van der Waals surface area contributed by atoms with Crippen LogP contribution in [0.4, 0.5) is 5.13 Å². The van der Waals surface area contributed by atoms with Gasteiger partial charge in [-0.2, -0.15) is 0 Å². The van der Waals surface area contributed by atoms with Crippen LogP contribution in [0.25, 0.3) is 0 Å². The standard InChI is InChI=1S/C14H19ClN2OS/c15-8-13(18)11-9-19-14(16-11)17-7-3-6-12(17)10-4-1-2-5-10/h9-10,12H,1-8H2. The van der Waals surface area contributed by atoms with E-state index in [1.807, 2.05) is 5.38 Å². The maximum absolute atomic E-state index is 11.6. The van der Waals surface area contributed by atoms with Crippen LogP contribution in [0.5, 0.6) is 0 Å². The number of carbonyl (C=O) groups is 1. The van der Waals surface area contributed by atoms with Crippen LogP contribution in [0.2, 0.25) is 0 Å². The molecule has 2 heterocycles. The van der Waals surface area contributed by atoms with E-state index >= 15 is 0 Å². The first-order valence-electron chi connectivity index (χ1n) is 7.11. The zero-order valence-corrected chi connectivity index (χ0v) is 12.6. The lowest BCUT2D eigenvalue weighted by molar-refractivity contribution is 0.101. The summed E-state index contributed by atoms with van der Waals surface area (Å²) in [6.45, 7) is 1.09. The first-order chi connectivity index (χ1) is 9.29. The SMILES string of the molecule is O=C(CCl)c1csc(N2CCCC2C2CCCC2)n1. The molecule has 0 radical (unpaired) electrons. The summed E-state index contributed by atoms with van der Waals surface area (Å²) in [5.74, 6) is 0.786. The summed E-state index contributed by atoms with van der Waals surface area (Å²) in [5.41, 5.74) is 0.534. The van der Waals surface area contributed by atoms with Crippen molar-refractivity contribution in [3.8, 4) is 0 Å². The third kappa shape index (κ3) is 2.65. The number of hydrogen-bond donors (Lipinski definition) is 0. The van der Waals surface area contributed by atoms with Gasteiger partial charge in [0.05, 0.1) is 5.88 Å². The number of hydrogen-bond acceptors (Lipinski definition) is 4. The van der Waals surface area contributed by atoms with E-state index in [1.165, 1.54) is 38.5 Å². The molecular weight excluding hydrogens is 280 g/mol. The molecule has 1 aromatic heterocycles. The molecular formula is C14H19ClN2OS. The van der Waals surface area contributed by atoms with Gasteiger partial charge in [-0.3, -0.25) is 4.79 Å². The first-order valence-corrected chi connectivity index (χ1v) is 8.52. The van der Waals surface area contributed by atoms with Gasteiger partial charge in [0.25, 0.3) is 0 Å². The Hall–Kier alpha value is -0.610. The van der Waals surface area contributed by atoms with Gasteiger partial charge < -0.3 is 4.90 Å². The van der Waals surface area contributed by atoms with Crippen molar-refractivity contribution in [3.05, 3.63) is 11.1 Å². The van der Waals surface area contributed by atoms with E-state index in [4.69, 9.17) is 11.6 Å². The second-order valence-electron chi connectivity index (χ2n) is 5.52. The fourth-order valence-corrected chi connectivity index (χ4v) is 4.51. The minimum atomic E-state index is -0.0687. The quantitative estimate of drug-likeness (QED) is 0.627. The third-order valence-corrected chi connectivity index (χ3v) is 5.51. The molecule has 3 rings (SSSR count). The summed E-state index contributed by atoms with van der Waals surface area (Å²) >= 11 is 7.18. The summed E-state index contributed by atoms with van der Waals surface area (Å²) < 4.78 is 0. The summed E-state index contributed by atoms with van der Waals surface area (Å²) in [6, 6.07) is 0.646. The molecule has 0 amide bonds. The number of thiazole rings is 1. The molecule has 0 N–H and O–H groups in total. The van der Waals surface area contributed by atoms with Gasteiger partial charge in [-0.15, -0.1) is 22.9 Å². The summed E-state index contributed by atoms with van der Waals surface area (Å²) in [7, 11) is 0. The fraction of sp³-hybridized carbons (Fsp3) is 0.714. The zero-order valence-electron chi connectivity index (χ0n) is 11.0. The molecule has 1 saturated carbocycles. The number of Topliss-reactive ketones (excluding diaryl/α,β-unsaturated/α-hetero) is 1. The van der Waals surface area contributed by atoms with Crippen molar-refractivity contribution >= 4 is 33.9 Å². The van der Waals surface area contributed by atoms with Crippen LogP contribution in [0.3, 0.4) is 0 Å². The number of anilines is 1. The van der Waals surface area contributed by atoms with E-state index in [0.717, 1.165) is 17.6 Å². The van der Waals surface area contributed by atoms with Crippen LogP contribution in [0.1, 0.15) is 49.0 Å². The Bertz CT molecular complexity index is 456. The molecule has 2 fully saturated rings. The average molecular weight is 299 g/mol. The molecule has 104 valence electrons. The highest BCUT2D eigenvalue weighted by atomic mass is 35.5. The molecule has 3 nitrogen and oxygen atoms in total. The highest BCUT2D eigenvalue weighted by Crippen LogP contribution is 2.38. The largest absolute Gasteiger partial charge is 0.345 e. The van der Waals surface area contributed by atoms with E-state index in [9.17, 15) is 4.79 Å². The first kappa shape index (κ1) is 13.4. The van der Waals surface area contributed by atoms with Crippen molar-refractivity contribution in [2.75, 3.05) is 17.3 Å². The smallest absolute Gasteiger partial charge is 0.196 e. The van der Waals surface area contributed by atoms with Gasteiger partial charge in [-0.05, 0) is 31.6 Å². The van der Waals surface area contributed by atoms with E-state index in [1.54, 1.807) is 11.3 Å². The van der Waals surface area contributed by atoms with Gasteiger partial charge in [0.15, 0.2) is 10.9 Å². The van der Waals surface area contributed by atoms with Gasteiger partial charge in [0.1, 0.15) is 5.69 Å². The highest BCUT2D eigenvalue weighted by Gasteiger charge is 2.34. The van der Waals surface area contributed by atoms with E-state index in [-0.39, 0.29) is 11.7 Å². The Labute approximate surface area is 123 Å². The van der Waals surface area contributed by atoms with E-state index in [2.05, 4.69) is 9.88 Å². The normalized spacial score (nSPS) is 24.3. The predicted molar refractivity (Wildman–Crippen MR) is 79.5 cm³/mol. The number of rotatable bonds is 4. The maximum atomic E-state index is 11.6. The van der Waals surface area contributed by atoms with Gasteiger partial charge in [0, 0.05) is 18.0 Å². The van der Waals surface area contributed by atoms with Crippen LogP contribution in [-0.2, 0) is 0 Å². The Kier molecular flexibility index (Phi) is 4.08. The molecule has 0 bridgehead atoms. The molecule has 19 heavy (non-hydrogen) atoms. The monoisotopic (exact) mass is 298 g/mol. The van der Waals surface area contributed by atoms with Gasteiger partial charge >= 0.3 is 0 Å². The Morgan fingerprint density at radius 1 is 1.37 bits per heavy atom. The lowest BCUT2D eigenvalue weighted by atomic mass is 9.96. The minimum absolute atomic E-state index is 0.0230. The molecule has 1 atom stereocenters. The van der Waals surface area contributed by atoms with Crippen molar-refractivity contribution in [3.63, 3.8) is 0 Å². The Balaban J connectivity index is 1.76. The van der Waals surface area contributed by atoms with E-state index < -0.39 is 0 Å². The van der Waals surface area contributed by atoms with Crippen molar-refractivity contribution < 1.29 is 4.79 Å². The molecule has 1 unspecified atom stereocenters. The average Bonchev–Trinajstić information content (AvgIpc) is 3.14. The molecule has 1 aliphatic heterocycles. The fourth-order valence-electron chi connectivity index (χ4n) is 3.45. The van der Waals surface area contributed by atoms with Crippen LogP contribution in [0, 0.1) is 5.92 Å². The topological polar surface area (TPSA) is 33.2 Å². The molecule has 1 aromatic rings. The molecule has 0 spiro atoms. The second kappa shape index (κ2) is 5.80. The predicted octanol–water partition coefficient (Wildman–Crippen LogP) is 3.72. The Morgan fingerprint density at radius 2 is 2.16 bits per heavy atom. The van der Waals surface area contributed by atoms with Gasteiger partial charge in [-0.25, -0.2) is 4.98 Å². The zero-order chi connectivity index (χ0) is 13.2. The minimum Gasteiger partial charge on any atom is -0.345 e. The summed E-state index contributed by atoms with van der Waals surface area (Å²) in [6.07, 6.45) is 8.01.